The number of hydrogen-bond donors (Lipinski definition) is 1. The molecule has 1 unspecified atom stereocenters. The summed E-state index contributed by atoms with van der Waals surface area (Å²) in [7, 11) is 1.44. The molecule has 2 heterocycles. The van der Waals surface area contributed by atoms with Crippen LogP contribution in [0.2, 0.25) is 0 Å². The van der Waals surface area contributed by atoms with Crippen LogP contribution in [0.15, 0.2) is 12.4 Å². The zero-order valence-electron chi connectivity index (χ0n) is 9.89. The summed E-state index contributed by atoms with van der Waals surface area (Å²) in [6.07, 6.45) is 4.04. The predicted octanol–water partition coefficient (Wildman–Crippen LogP) is 0.890. The predicted molar refractivity (Wildman–Crippen MR) is 66.7 cm³/mol. The molecule has 1 aromatic heterocycles. The monoisotopic (exact) mass is 255 g/mol. The van der Waals surface area contributed by atoms with E-state index in [1.165, 1.54) is 7.11 Å². The average Bonchev–Trinajstić information content (AvgIpc) is 2.84. The molecule has 1 N–H and O–H groups in total. The maximum atomic E-state index is 11.3. The number of thioether (sulfide) groups is 1. The topological polar surface area (TPSA) is 58.2 Å². The van der Waals surface area contributed by atoms with Gasteiger partial charge in [0.05, 0.1) is 20.1 Å². The molecule has 1 saturated heterocycles. The van der Waals surface area contributed by atoms with E-state index in [9.17, 15) is 4.79 Å². The standard InChI is InChI=1S/C11H17N3O2S/c1-16-11(15)6-9-8-17-5-4-14(9)7-10-12-2-3-13-10/h2-3,9H,4-8H2,1H3,(H,12,13). The molecule has 1 fully saturated rings. The Hall–Kier alpha value is -1.01. The number of rotatable bonds is 4. The van der Waals surface area contributed by atoms with Crippen LogP contribution in [0, 0.1) is 0 Å². The smallest absolute Gasteiger partial charge is 0.307 e. The molecule has 1 atom stereocenters. The molecular weight excluding hydrogens is 238 g/mol. The van der Waals surface area contributed by atoms with Crippen molar-refractivity contribution in [3.63, 3.8) is 0 Å². The van der Waals surface area contributed by atoms with E-state index in [1.54, 1.807) is 6.20 Å². The Bertz CT molecular complexity index is 356. The summed E-state index contributed by atoms with van der Waals surface area (Å²) in [6.45, 7) is 1.77. The summed E-state index contributed by atoms with van der Waals surface area (Å²) in [6, 6.07) is 0.256. The van der Waals surface area contributed by atoms with E-state index in [2.05, 4.69) is 14.9 Å². The van der Waals surface area contributed by atoms with Crippen LogP contribution in [0.25, 0.3) is 0 Å². The highest BCUT2D eigenvalue weighted by Gasteiger charge is 2.25. The lowest BCUT2D eigenvalue weighted by atomic mass is 10.2. The van der Waals surface area contributed by atoms with Gasteiger partial charge in [0.2, 0.25) is 0 Å². The average molecular weight is 255 g/mol. The highest BCUT2D eigenvalue weighted by atomic mass is 32.2. The summed E-state index contributed by atoms with van der Waals surface area (Å²) < 4.78 is 4.74. The zero-order chi connectivity index (χ0) is 12.1. The third kappa shape index (κ3) is 3.47. The first kappa shape index (κ1) is 12.4. The third-order valence-electron chi connectivity index (χ3n) is 2.89. The van der Waals surface area contributed by atoms with Crippen molar-refractivity contribution in [2.45, 2.75) is 19.0 Å². The fourth-order valence-electron chi connectivity index (χ4n) is 1.94. The molecule has 0 bridgehead atoms. The number of esters is 1. The summed E-state index contributed by atoms with van der Waals surface area (Å²) in [4.78, 5) is 21.0. The van der Waals surface area contributed by atoms with Gasteiger partial charge in [-0.1, -0.05) is 0 Å². The second-order valence-corrected chi connectivity index (χ2v) is 5.17. The largest absolute Gasteiger partial charge is 0.469 e. The van der Waals surface area contributed by atoms with Crippen LogP contribution in [0.5, 0.6) is 0 Å². The van der Waals surface area contributed by atoms with Crippen LogP contribution >= 0.6 is 11.8 Å². The van der Waals surface area contributed by atoms with E-state index in [1.807, 2.05) is 18.0 Å². The van der Waals surface area contributed by atoms with Crippen LogP contribution in [-0.4, -0.2) is 52.0 Å². The molecule has 1 aliphatic heterocycles. The molecule has 0 aliphatic carbocycles. The van der Waals surface area contributed by atoms with Gasteiger partial charge in [0.25, 0.3) is 0 Å². The fraction of sp³-hybridized carbons (Fsp3) is 0.636. The number of methoxy groups -OCH3 is 1. The number of imidazole rings is 1. The molecule has 6 heteroatoms. The lowest BCUT2D eigenvalue weighted by Crippen LogP contribution is -2.43. The Morgan fingerprint density at radius 1 is 1.76 bits per heavy atom. The van der Waals surface area contributed by atoms with Crippen molar-refractivity contribution >= 4 is 17.7 Å². The van der Waals surface area contributed by atoms with Gasteiger partial charge >= 0.3 is 5.97 Å². The first-order valence-electron chi connectivity index (χ1n) is 5.66. The molecule has 5 nitrogen and oxygen atoms in total. The van der Waals surface area contributed by atoms with Crippen LogP contribution in [0.3, 0.4) is 0 Å². The quantitative estimate of drug-likeness (QED) is 0.810. The van der Waals surface area contributed by atoms with Crippen molar-refractivity contribution in [2.24, 2.45) is 0 Å². The molecule has 0 aromatic carbocycles. The minimum absolute atomic E-state index is 0.137. The lowest BCUT2D eigenvalue weighted by molar-refractivity contribution is -0.141. The lowest BCUT2D eigenvalue weighted by Gasteiger charge is -2.34. The summed E-state index contributed by atoms with van der Waals surface area (Å²) in [5, 5.41) is 0. The Kier molecular flexibility index (Phi) is 4.44. The van der Waals surface area contributed by atoms with Crippen LogP contribution < -0.4 is 0 Å². The molecule has 17 heavy (non-hydrogen) atoms. The minimum atomic E-state index is -0.137. The maximum absolute atomic E-state index is 11.3. The van der Waals surface area contributed by atoms with Gasteiger partial charge in [-0.05, 0) is 0 Å². The molecule has 1 aliphatic rings. The minimum Gasteiger partial charge on any atom is -0.469 e. The second-order valence-electron chi connectivity index (χ2n) is 4.02. The molecule has 94 valence electrons. The second kappa shape index (κ2) is 6.07. The van der Waals surface area contributed by atoms with Gasteiger partial charge in [0, 0.05) is 36.5 Å². The highest BCUT2D eigenvalue weighted by Crippen LogP contribution is 2.20. The molecule has 0 saturated carbocycles. The number of carbonyl (C=O) groups excluding carboxylic acids is 1. The fourth-order valence-corrected chi connectivity index (χ4v) is 3.07. The first-order chi connectivity index (χ1) is 8.29. The Labute approximate surface area is 105 Å². The molecular formula is C11H17N3O2S. The van der Waals surface area contributed by atoms with Crippen molar-refractivity contribution in [3.05, 3.63) is 18.2 Å². The van der Waals surface area contributed by atoms with Gasteiger partial charge in [-0.25, -0.2) is 4.98 Å². The van der Waals surface area contributed by atoms with E-state index in [-0.39, 0.29) is 12.0 Å². The van der Waals surface area contributed by atoms with E-state index in [0.717, 1.165) is 30.4 Å². The summed E-state index contributed by atoms with van der Waals surface area (Å²) in [5.74, 6) is 2.91. The summed E-state index contributed by atoms with van der Waals surface area (Å²) in [5.41, 5.74) is 0. The Morgan fingerprint density at radius 3 is 3.35 bits per heavy atom. The number of H-pyrrole nitrogens is 1. The van der Waals surface area contributed by atoms with Crippen LogP contribution in [0.4, 0.5) is 0 Å². The van der Waals surface area contributed by atoms with Crippen molar-refractivity contribution in [3.8, 4) is 0 Å². The number of aromatic nitrogens is 2. The molecule has 0 radical (unpaired) electrons. The Morgan fingerprint density at radius 2 is 2.65 bits per heavy atom. The molecule has 2 rings (SSSR count). The number of carbonyl (C=O) groups is 1. The van der Waals surface area contributed by atoms with Crippen molar-refractivity contribution in [1.29, 1.82) is 0 Å². The van der Waals surface area contributed by atoms with Crippen LogP contribution in [0.1, 0.15) is 12.2 Å². The number of hydrogen-bond acceptors (Lipinski definition) is 5. The zero-order valence-corrected chi connectivity index (χ0v) is 10.7. The first-order valence-corrected chi connectivity index (χ1v) is 6.82. The van der Waals surface area contributed by atoms with E-state index in [0.29, 0.717) is 6.42 Å². The molecule has 0 spiro atoms. The Balaban J connectivity index is 1.94. The number of nitrogens with one attached hydrogen (secondary N) is 1. The van der Waals surface area contributed by atoms with Gasteiger partial charge in [0.1, 0.15) is 5.82 Å². The number of ether oxygens (including phenoxy) is 1. The van der Waals surface area contributed by atoms with Gasteiger partial charge in [-0.15, -0.1) is 0 Å². The van der Waals surface area contributed by atoms with Crippen LogP contribution in [-0.2, 0) is 16.1 Å². The normalized spacial score (nSPS) is 21.4. The van der Waals surface area contributed by atoms with Gasteiger partial charge < -0.3 is 9.72 Å². The molecule has 0 amide bonds. The number of aromatic amines is 1. The van der Waals surface area contributed by atoms with Crippen molar-refractivity contribution < 1.29 is 9.53 Å². The summed E-state index contributed by atoms with van der Waals surface area (Å²) >= 11 is 1.89. The van der Waals surface area contributed by atoms with E-state index in [4.69, 9.17) is 4.74 Å². The molecule has 1 aromatic rings. The maximum Gasteiger partial charge on any atom is 0.307 e. The number of nitrogens with zero attached hydrogens (tertiary/aromatic N) is 2. The van der Waals surface area contributed by atoms with Crippen molar-refractivity contribution in [1.82, 2.24) is 14.9 Å². The van der Waals surface area contributed by atoms with Crippen molar-refractivity contribution in [2.75, 3.05) is 25.2 Å². The van der Waals surface area contributed by atoms with Gasteiger partial charge in [0.15, 0.2) is 0 Å². The van der Waals surface area contributed by atoms with E-state index >= 15 is 0 Å². The van der Waals surface area contributed by atoms with Gasteiger partial charge in [-0.2, -0.15) is 11.8 Å². The highest BCUT2D eigenvalue weighted by molar-refractivity contribution is 7.99. The van der Waals surface area contributed by atoms with E-state index < -0.39 is 0 Å². The van der Waals surface area contributed by atoms with Gasteiger partial charge in [-0.3, -0.25) is 9.69 Å². The third-order valence-corrected chi connectivity index (χ3v) is 3.98. The SMILES string of the molecule is COC(=O)CC1CSCCN1Cc1ncc[nH]1.